The van der Waals surface area contributed by atoms with E-state index in [0.717, 1.165) is 24.8 Å². The van der Waals surface area contributed by atoms with Gasteiger partial charge in [0, 0.05) is 18.2 Å². The summed E-state index contributed by atoms with van der Waals surface area (Å²) in [5.74, 6) is 1.81. The molecule has 0 aliphatic heterocycles. The summed E-state index contributed by atoms with van der Waals surface area (Å²) < 4.78 is 0. The SMILES string of the molecule is C=CC[C@@H](NC(=O)Cc1cccc(C2CCCC(c3nccc4c3C=CC4)C2)c1)C1CCCCC1. The van der Waals surface area contributed by atoms with Crippen LogP contribution in [0.3, 0.4) is 0 Å². The normalized spacial score (nSPS) is 23.0. The van der Waals surface area contributed by atoms with E-state index in [1.807, 2.05) is 12.3 Å². The van der Waals surface area contributed by atoms with Crippen LogP contribution >= 0.6 is 0 Å². The van der Waals surface area contributed by atoms with Crippen molar-refractivity contribution in [1.29, 1.82) is 0 Å². The average molecular weight is 469 g/mol. The van der Waals surface area contributed by atoms with Crippen LogP contribution < -0.4 is 5.32 Å². The Bertz CT molecular complexity index is 1060. The number of amides is 1. The minimum atomic E-state index is 0.150. The van der Waals surface area contributed by atoms with E-state index in [4.69, 9.17) is 4.98 Å². The van der Waals surface area contributed by atoms with Crippen molar-refractivity contribution >= 4 is 12.0 Å². The maximum absolute atomic E-state index is 13.0. The number of pyridine rings is 1. The number of rotatable bonds is 8. The zero-order valence-electron chi connectivity index (χ0n) is 21.1. The molecule has 2 unspecified atom stereocenters. The molecule has 1 N–H and O–H groups in total. The van der Waals surface area contributed by atoms with E-state index in [1.165, 1.54) is 73.8 Å². The Morgan fingerprint density at radius 1 is 1.09 bits per heavy atom. The molecular formula is C32H40N2O. The van der Waals surface area contributed by atoms with E-state index in [9.17, 15) is 4.79 Å². The van der Waals surface area contributed by atoms with E-state index in [1.54, 1.807) is 0 Å². The maximum atomic E-state index is 13.0. The molecule has 2 saturated carbocycles. The van der Waals surface area contributed by atoms with Gasteiger partial charge in [-0.15, -0.1) is 6.58 Å². The fourth-order valence-electron chi connectivity index (χ4n) is 6.76. The Balaban J connectivity index is 1.24. The number of carbonyl (C=O) groups excluding carboxylic acids is 1. The van der Waals surface area contributed by atoms with Crippen LogP contribution in [0, 0.1) is 5.92 Å². The molecule has 35 heavy (non-hydrogen) atoms. The summed E-state index contributed by atoms with van der Waals surface area (Å²) >= 11 is 0. The molecule has 5 rings (SSSR count). The van der Waals surface area contributed by atoms with Gasteiger partial charge in [-0.1, -0.05) is 68.2 Å². The van der Waals surface area contributed by atoms with E-state index in [0.29, 0.717) is 24.2 Å². The first kappa shape index (κ1) is 24.0. The molecule has 3 aliphatic rings. The van der Waals surface area contributed by atoms with Crippen LogP contribution in [-0.2, 0) is 17.6 Å². The molecule has 0 spiro atoms. The molecule has 0 radical (unpaired) electrons. The van der Waals surface area contributed by atoms with Crippen molar-refractivity contribution in [2.45, 2.75) is 94.9 Å². The number of carbonyl (C=O) groups is 1. The lowest BCUT2D eigenvalue weighted by Crippen LogP contribution is -2.41. The second-order valence-electron chi connectivity index (χ2n) is 11.0. The molecule has 184 valence electrons. The van der Waals surface area contributed by atoms with Crippen LogP contribution in [0.2, 0.25) is 0 Å². The van der Waals surface area contributed by atoms with Crippen LogP contribution in [0.4, 0.5) is 0 Å². The molecule has 3 atom stereocenters. The quantitative estimate of drug-likeness (QED) is 0.414. The number of fused-ring (bicyclic) bond motifs is 1. The average Bonchev–Trinajstić information content (AvgIpc) is 3.38. The molecule has 3 aliphatic carbocycles. The van der Waals surface area contributed by atoms with Gasteiger partial charge in [0.2, 0.25) is 5.91 Å². The third kappa shape index (κ3) is 5.77. The highest BCUT2D eigenvalue weighted by Gasteiger charge is 2.28. The van der Waals surface area contributed by atoms with Crippen molar-refractivity contribution in [2.75, 3.05) is 0 Å². The fourth-order valence-corrected chi connectivity index (χ4v) is 6.76. The van der Waals surface area contributed by atoms with Crippen LogP contribution in [-0.4, -0.2) is 16.9 Å². The number of hydrogen-bond donors (Lipinski definition) is 1. The minimum Gasteiger partial charge on any atom is -0.352 e. The van der Waals surface area contributed by atoms with E-state index in [2.05, 4.69) is 54.4 Å². The lowest BCUT2D eigenvalue weighted by molar-refractivity contribution is -0.121. The summed E-state index contributed by atoms with van der Waals surface area (Å²) in [7, 11) is 0. The smallest absolute Gasteiger partial charge is 0.224 e. The first-order valence-corrected chi connectivity index (χ1v) is 13.8. The fraction of sp³-hybridized carbons (Fsp3) is 0.500. The predicted molar refractivity (Wildman–Crippen MR) is 144 cm³/mol. The number of nitrogens with zero attached hydrogens (tertiary/aromatic N) is 1. The molecule has 0 bridgehead atoms. The van der Waals surface area contributed by atoms with Gasteiger partial charge < -0.3 is 5.32 Å². The summed E-state index contributed by atoms with van der Waals surface area (Å²) in [6.45, 7) is 3.94. The van der Waals surface area contributed by atoms with Crippen LogP contribution in [0.25, 0.3) is 6.08 Å². The molecule has 2 aromatic rings. The van der Waals surface area contributed by atoms with E-state index in [-0.39, 0.29) is 11.9 Å². The summed E-state index contributed by atoms with van der Waals surface area (Å²) in [5.41, 5.74) is 6.61. The van der Waals surface area contributed by atoms with Gasteiger partial charge in [0.05, 0.1) is 12.1 Å². The molecule has 1 aromatic heterocycles. The van der Waals surface area contributed by atoms with Crippen molar-refractivity contribution in [3.63, 3.8) is 0 Å². The zero-order chi connectivity index (χ0) is 24.0. The molecule has 3 nitrogen and oxygen atoms in total. The number of nitrogens with one attached hydrogen (secondary N) is 1. The molecule has 1 aromatic carbocycles. The van der Waals surface area contributed by atoms with Gasteiger partial charge in [-0.05, 0) is 85.1 Å². The first-order chi connectivity index (χ1) is 17.2. The largest absolute Gasteiger partial charge is 0.352 e. The highest BCUT2D eigenvalue weighted by molar-refractivity contribution is 5.79. The first-order valence-electron chi connectivity index (χ1n) is 13.8. The van der Waals surface area contributed by atoms with Gasteiger partial charge in [0.1, 0.15) is 0 Å². The molecule has 0 saturated heterocycles. The predicted octanol–water partition coefficient (Wildman–Crippen LogP) is 7.28. The van der Waals surface area contributed by atoms with Crippen molar-refractivity contribution in [2.24, 2.45) is 5.92 Å². The summed E-state index contributed by atoms with van der Waals surface area (Å²) in [4.78, 5) is 17.8. The lowest BCUT2D eigenvalue weighted by Gasteiger charge is -2.31. The number of hydrogen-bond acceptors (Lipinski definition) is 2. The van der Waals surface area contributed by atoms with Crippen molar-refractivity contribution in [3.8, 4) is 0 Å². The lowest BCUT2D eigenvalue weighted by atomic mass is 9.75. The number of allylic oxidation sites excluding steroid dienone is 1. The Kier molecular flexibility index (Phi) is 7.81. The highest BCUT2D eigenvalue weighted by atomic mass is 16.1. The van der Waals surface area contributed by atoms with Gasteiger partial charge in [0.15, 0.2) is 0 Å². The summed E-state index contributed by atoms with van der Waals surface area (Å²) in [6, 6.07) is 11.2. The van der Waals surface area contributed by atoms with Crippen molar-refractivity contribution < 1.29 is 4.79 Å². The van der Waals surface area contributed by atoms with Crippen LogP contribution in [0.1, 0.15) is 104 Å². The second kappa shape index (κ2) is 11.4. The third-order valence-corrected chi connectivity index (χ3v) is 8.57. The number of benzene rings is 1. The van der Waals surface area contributed by atoms with Gasteiger partial charge in [-0.2, -0.15) is 0 Å². The highest BCUT2D eigenvalue weighted by Crippen LogP contribution is 2.43. The van der Waals surface area contributed by atoms with Gasteiger partial charge >= 0.3 is 0 Å². The third-order valence-electron chi connectivity index (χ3n) is 8.57. The Morgan fingerprint density at radius 2 is 1.94 bits per heavy atom. The van der Waals surface area contributed by atoms with Crippen molar-refractivity contribution in [1.82, 2.24) is 10.3 Å². The Labute approximate surface area is 211 Å². The Morgan fingerprint density at radius 3 is 2.80 bits per heavy atom. The summed E-state index contributed by atoms with van der Waals surface area (Å²) in [5, 5.41) is 3.36. The summed E-state index contributed by atoms with van der Waals surface area (Å²) in [6.07, 6.45) is 22.1. The number of aromatic nitrogens is 1. The van der Waals surface area contributed by atoms with Crippen LogP contribution in [0.5, 0.6) is 0 Å². The van der Waals surface area contributed by atoms with E-state index < -0.39 is 0 Å². The topological polar surface area (TPSA) is 42.0 Å². The maximum Gasteiger partial charge on any atom is 0.224 e. The van der Waals surface area contributed by atoms with Gasteiger partial charge in [-0.25, -0.2) is 0 Å². The van der Waals surface area contributed by atoms with Gasteiger partial charge in [-0.3, -0.25) is 9.78 Å². The molecular weight excluding hydrogens is 428 g/mol. The Hall–Kier alpha value is -2.68. The molecule has 1 heterocycles. The standard InChI is InChI=1S/C32H40N2O/c1-2-9-30(25-11-4-3-5-12-25)34-31(35)21-23-10-6-14-26(20-23)27-15-7-16-28(22-27)32-29-17-8-13-24(29)18-19-33-32/h2,6,8,10,14,17-20,25,27-28,30H,1,3-5,7,9,11-13,15-16,21-22H2,(H,34,35)/t27?,28?,30-/m1/s1. The van der Waals surface area contributed by atoms with Crippen LogP contribution in [0.15, 0.2) is 55.3 Å². The molecule has 1 amide bonds. The molecule has 3 heteroatoms. The van der Waals surface area contributed by atoms with Crippen molar-refractivity contribution in [3.05, 3.63) is 83.2 Å². The minimum absolute atomic E-state index is 0.150. The zero-order valence-corrected chi connectivity index (χ0v) is 21.1. The molecule has 2 fully saturated rings. The second-order valence-corrected chi connectivity index (χ2v) is 11.0. The van der Waals surface area contributed by atoms with E-state index >= 15 is 0 Å². The monoisotopic (exact) mass is 468 g/mol. The van der Waals surface area contributed by atoms with Gasteiger partial charge in [0.25, 0.3) is 0 Å².